The zero-order valence-electron chi connectivity index (χ0n) is 9.19. The second-order valence-corrected chi connectivity index (χ2v) is 3.86. The standard InChI is InChI=1S/C11H14ClF2NO/c1-3-16-6-7(2)15-11-9(12)4-8(13)5-10(11)14/h4-5,7,15H,3,6H2,1-2H3. The maximum atomic E-state index is 13.4. The third kappa shape index (κ3) is 3.61. The van der Waals surface area contributed by atoms with Gasteiger partial charge in [-0.05, 0) is 19.9 Å². The van der Waals surface area contributed by atoms with Gasteiger partial charge in [0.25, 0.3) is 0 Å². The van der Waals surface area contributed by atoms with E-state index in [2.05, 4.69) is 5.32 Å². The van der Waals surface area contributed by atoms with Gasteiger partial charge in [0.05, 0.1) is 17.3 Å². The average Bonchev–Trinajstić information content (AvgIpc) is 2.20. The third-order valence-electron chi connectivity index (χ3n) is 1.97. The first-order chi connectivity index (χ1) is 7.54. The van der Waals surface area contributed by atoms with E-state index < -0.39 is 11.6 Å². The molecule has 0 bridgehead atoms. The van der Waals surface area contributed by atoms with Crippen LogP contribution in [0.5, 0.6) is 0 Å². The average molecular weight is 250 g/mol. The molecular formula is C11H14ClF2NO. The maximum Gasteiger partial charge on any atom is 0.150 e. The molecule has 1 N–H and O–H groups in total. The molecule has 0 heterocycles. The third-order valence-corrected chi connectivity index (χ3v) is 2.27. The van der Waals surface area contributed by atoms with Crippen LogP contribution in [0.2, 0.25) is 5.02 Å². The molecule has 0 aliphatic carbocycles. The topological polar surface area (TPSA) is 21.3 Å². The van der Waals surface area contributed by atoms with Crippen molar-refractivity contribution in [1.82, 2.24) is 0 Å². The summed E-state index contributed by atoms with van der Waals surface area (Å²) in [6.45, 7) is 4.72. The van der Waals surface area contributed by atoms with Crippen molar-refractivity contribution in [2.45, 2.75) is 19.9 Å². The Kier molecular flexibility index (Phi) is 4.96. The van der Waals surface area contributed by atoms with Crippen molar-refractivity contribution in [2.24, 2.45) is 0 Å². The Hall–Kier alpha value is -0.870. The molecule has 0 spiro atoms. The molecular weight excluding hydrogens is 236 g/mol. The number of nitrogens with one attached hydrogen (secondary N) is 1. The van der Waals surface area contributed by atoms with Gasteiger partial charge in [-0.1, -0.05) is 11.6 Å². The first kappa shape index (κ1) is 13.2. The monoisotopic (exact) mass is 249 g/mol. The number of rotatable bonds is 5. The fraction of sp³-hybridized carbons (Fsp3) is 0.455. The normalized spacial score (nSPS) is 12.6. The summed E-state index contributed by atoms with van der Waals surface area (Å²) in [6.07, 6.45) is 0. The number of benzene rings is 1. The highest BCUT2D eigenvalue weighted by Gasteiger charge is 2.12. The fourth-order valence-corrected chi connectivity index (χ4v) is 1.51. The van der Waals surface area contributed by atoms with Crippen molar-refractivity contribution >= 4 is 17.3 Å². The first-order valence-corrected chi connectivity index (χ1v) is 5.41. The first-order valence-electron chi connectivity index (χ1n) is 5.03. The minimum atomic E-state index is -0.701. The molecule has 5 heteroatoms. The van der Waals surface area contributed by atoms with E-state index in [9.17, 15) is 8.78 Å². The Labute approximate surface area is 98.6 Å². The van der Waals surface area contributed by atoms with Gasteiger partial charge in [0, 0.05) is 18.7 Å². The van der Waals surface area contributed by atoms with Crippen LogP contribution in [0.15, 0.2) is 12.1 Å². The van der Waals surface area contributed by atoms with Gasteiger partial charge in [-0.2, -0.15) is 0 Å². The molecule has 2 nitrogen and oxygen atoms in total. The largest absolute Gasteiger partial charge is 0.380 e. The number of hydrogen-bond donors (Lipinski definition) is 1. The summed E-state index contributed by atoms with van der Waals surface area (Å²) >= 11 is 5.73. The molecule has 0 aromatic heterocycles. The number of anilines is 1. The summed E-state index contributed by atoms with van der Waals surface area (Å²) in [5.41, 5.74) is 0.107. The Morgan fingerprint density at radius 1 is 1.44 bits per heavy atom. The molecule has 0 radical (unpaired) electrons. The van der Waals surface area contributed by atoms with E-state index >= 15 is 0 Å². The van der Waals surface area contributed by atoms with E-state index in [1.165, 1.54) is 0 Å². The highest BCUT2D eigenvalue weighted by Crippen LogP contribution is 2.26. The Morgan fingerprint density at radius 2 is 2.12 bits per heavy atom. The fourth-order valence-electron chi connectivity index (χ4n) is 1.26. The van der Waals surface area contributed by atoms with E-state index in [1.807, 2.05) is 13.8 Å². The predicted octanol–water partition coefficient (Wildman–Crippen LogP) is 3.46. The second-order valence-electron chi connectivity index (χ2n) is 3.45. The minimum Gasteiger partial charge on any atom is -0.380 e. The van der Waals surface area contributed by atoms with Crippen LogP contribution in [-0.4, -0.2) is 19.3 Å². The van der Waals surface area contributed by atoms with Gasteiger partial charge in [0.2, 0.25) is 0 Å². The molecule has 1 aromatic carbocycles. The molecule has 0 saturated carbocycles. The molecule has 1 aromatic rings. The molecule has 1 unspecified atom stereocenters. The van der Waals surface area contributed by atoms with E-state index in [1.54, 1.807) is 0 Å². The van der Waals surface area contributed by atoms with E-state index in [-0.39, 0.29) is 16.8 Å². The zero-order chi connectivity index (χ0) is 12.1. The van der Waals surface area contributed by atoms with Gasteiger partial charge in [-0.25, -0.2) is 8.78 Å². The van der Waals surface area contributed by atoms with E-state index in [4.69, 9.17) is 16.3 Å². The SMILES string of the molecule is CCOCC(C)Nc1c(F)cc(F)cc1Cl. The van der Waals surface area contributed by atoms with Gasteiger partial charge < -0.3 is 10.1 Å². The van der Waals surface area contributed by atoms with Crippen molar-refractivity contribution < 1.29 is 13.5 Å². The lowest BCUT2D eigenvalue weighted by atomic mass is 10.2. The number of ether oxygens (including phenoxy) is 1. The Morgan fingerprint density at radius 3 is 2.69 bits per heavy atom. The Bertz CT molecular complexity index is 337. The summed E-state index contributed by atoms with van der Waals surface area (Å²) < 4.78 is 31.3. The molecule has 0 aliphatic heterocycles. The zero-order valence-corrected chi connectivity index (χ0v) is 9.94. The molecule has 90 valence electrons. The van der Waals surface area contributed by atoms with Crippen molar-refractivity contribution in [3.63, 3.8) is 0 Å². The van der Waals surface area contributed by atoms with E-state index in [0.717, 1.165) is 12.1 Å². The number of hydrogen-bond acceptors (Lipinski definition) is 2. The quantitative estimate of drug-likeness (QED) is 0.863. The van der Waals surface area contributed by atoms with Crippen LogP contribution in [0.25, 0.3) is 0 Å². The summed E-state index contributed by atoms with van der Waals surface area (Å²) in [5.74, 6) is -1.39. The van der Waals surface area contributed by atoms with Crippen molar-refractivity contribution in [2.75, 3.05) is 18.5 Å². The predicted molar refractivity (Wildman–Crippen MR) is 60.9 cm³/mol. The van der Waals surface area contributed by atoms with Gasteiger partial charge in [-0.3, -0.25) is 0 Å². The van der Waals surface area contributed by atoms with Gasteiger partial charge in [0.1, 0.15) is 5.82 Å². The summed E-state index contributed by atoms with van der Waals surface area (Å²) in [5, 5.41) is 2.87. The van der Waals surface area contributed by atoms with Crippen LogP contribution < -0.4 is 5.32 Å². The van der Waals surface area contributed by atoms with Crippen LogP contribution in [0.1, 0.15) is 13.8 Å². The second kappa shape index (κ2) is 6.01. The van der Waals surface area contributed by atoms with Crippen molar-refractivity contribution in [1.29, 1.82) is 0 Å². The molecule has 0 aliphatic rings. The van der Waals surface area contributed by atoms with Gasteiger partial charge >= 0.3 is 0 Å². The van der Waals surface area contributed by atoms with Crippen LogP contribution in [-0.2, 0) is 4.74 Å². The molecule has 1 atom stereocenters. The Balaban J connectivity index is 2.73. The summed E-state index contributed by atoms with van der Waals surface area (Å²) in [6, 6.07) is 1.76. The van der Waals surface area contributed by atoms with Crippen LogP contribution in [0, 0.1) is 11.6 Å². The van der Waals surface area contributed by atoms with Gasteiger partial charge in [-0.15, -0.1) is 0 Å². The molecule has 0 amide bonds. The molecule has 16 heavy (non-hydrogen) atoms. The molecule has 1 rings (SSSR count). The lowest BCUT2D eigenvalue weighted by Crippen LogP contribution is -2.22. The maximum absolute atomic E-state index is 13.4. The molecule has 0 fully saturated rings. The highest BCUT2D eigenvalue weighted by atomic mass is 35.5. The van der Waals surface area contributed by atoms with Crippen LogP contribution in [0.3, 0.4) is 0 Å². The van der Waals surface area contributed by atoms with Crippen LogP contribution >= 0.6 is 11.6 Å². The lowest BCUT2D eigenvalue weighted by molar-refractivity contribution is 0.141. The van der Waals surface area contributed by atoms with Crippen LogP contribution in [0.4, 0.5) is 14.5 Å². The highest BCUT2D eigenvalue weighted by molar-refractivity contribution is 6.33. The lowest BCUT2D eigenvalue weighted by Gasteiger charge is -2.16. The summed E-state index contributed by atoms with van der Waals surface area (Å²) in [4.78, 5) is 0. The smallest absolute Gasteiger partial charge is 0.150 e. The molecule has 0 saturated heterocycles. The van der Waals surface area contributed by atoms with Crippen molar-refractivity contribution in [3.8, 4) is 0 Å². The van der Waals surface area contributed by atoms with Crippen molar-refractivity contribution in [3.05, 3.63) is 28.8 Å². The van der Waals surface area contributed by atoms with E-state index in [0.29, 0.717) is 13.2 Å². The minimum absolute atomic E-state index is 0.0286. The number of halogens is 3. The summed E-state index contributed by atoms with van der Waals surface area (Å²) in [7, 11) is 0. The van der Waals surface area contributed by atoms with Gasteiger partial charge in [0.15, 0.2) is 5.82 Å².